The van der Waals surface area contributed by atoms with Gasteiger partial charge >= 0.3 is 0 Å². The predicted octanol–water partition coefficient (Wildman–Crippen LogP) is 2.30. The lowest BCUT2D eigenvalue weighted by Gasteiger charge is -2.18. The number of anilines is 1. The molecule has 0 atom stereocenters. The van der Waals surface area contributed by atoms with Gasteiger partial charge in [0.2, 0.25) is 0 Å². The molecule has 0 fully saturated rings. The number of rotatable bonds is 7. The maximum atomic E-state index is 12.0. The molecule has 22 heavy (non-hydrogen) atoms. The van der Waals surface area contributed by atoms with Crippen LogP contribution in [0.25, 0.3) is 0 Å². The Morgan fingerprint density at radius 1 is 1.05 bits per heavy atom. The fourth-order valence-corrected chi connectivity index (χ4v) is 2.22. The second-order valence-corrected chi connectivity index (χ2v) is 4.94. The van der Waals surface area contributed by atoms with E-state index in [1.54, 1.807) is 6.07 Å². The number of carbonyl (C=O) groups is 1. The van der Waals surface area contributed by atoms with Crippen molar-refractivity contribution >= 4 is 11.7 Å². The van der Waals surface area contributed by atoms with Crippen LogP contribution < -0.4 is 10.2 Å². The molecule has 2 aromatic rings. The van der Waals surface area contributed by atoms with Gasteiger partial charge in [0, 0.05) is 19.6 Å². The quantitative estimate of drug-likeness (QED) is 0.852. The molecule has 0 saturated heterocycles. The molecule has 116 valence electrons. The summed E-state index contributed by atoms with van der Waals surface area (Å²) in [5, 5.41) is 11.0. The van der Waals surface area contributed by atoms with Gasteiger partial charge in [0.1, 0.15) is 0 Å². The van der Waals surface area contributed by atoms with Gasteiger partial charge in [-0.2, -0.15) is 0 Å². The van der Waals surface area contributed by atoms with Crippen LogP contribution in [0.4, 0.5) is 5.82 Å². The molecule has 1 heterocycles. The SMILES string of the molecule is CCN(CC)c1ccc(C(=O)NCCc2ccccc2)nn1. The molecular weight excluding hydrogens is 276 g/mol. The van der Waals surface area contributed by atoms with Crippen LogP contribution in [0.1, 0.15) is 29.9 Å². The van der Waals surface area contributed by atoms with Gasteiger partial charge in [-0.3, -0.25) is 4.79 Å². The van der Waals surface area contributed by atoms with E-state index < -0.39 is 0 Å². The van der Waals surface area contributed by atoms with E-state index in [1.807, 2.05) is 36.4 Å². The lowest BCUT2D eigenvalue weighted by molar-refractivity contribution is 0.0948. The normalized spacial score (nSPS) is 10.3. The summed E-state index contributed by atoms with van der Waals surface area (Å²) < 4.78 is 0. The first kappa shape index (κ1) is 15.9. The van der Waals surface area contributed by atoms with Gasteiger partial charge < -0.3 is 10.2 Å². The average molecular weight is 298 g/mol. The molecule has 1 amide bonds. The van der Waals surface area contributed by atoms with Gasteiger partial charge in [0.25, 0.3) is 5.91 Å². The van der Waals surface area contributed by atoms with Gasteiger partial charge in [-0.1, -0.05) is 30.3 Å². The number of hydrogen-bond acceptors (Lipinski definition) is 4. The van der Waals surface area contributed by atoms with Crippen molar-refractivity contribution < 1.29 is 4.79 Å². The number of aromatic nitrogens is 2. The lowest BCUT2D eigenvalue weighted by atomic mass is 10.1. The van der Waals surface area contributed by atoms with Gasteiger partial charge in [-0.15, -0.1) is 10.2 Å². The molecule has 0 radical (unpaired) electrons. The van der Waals surface area contributed by atoms with Crippen molar-refractivity contribution in [2.45, 2.75) is 20.3 Å². The van der Waals surface area contributed by atoms with Crippen molar-refractivity contribution in [1.29, 1.82) is 0 Å². The molecule has 5 nitrogen and oxygen atoms in total. The van der Waals surface area contributed by atoms with Crippen molar-refractivity contribution in [3.8, 4) is 0 Å². The summed E-state index contributed by atoms with van der Waals surface area (Å²) in [5.41, 5.74) is 1.55. The second kappa shape index (κ2) is 8.12. The molecule has 0 aliphatic heterocycles. The molecule has 0 bridgehead atoms. The molecule has 0 spiro atoms. The fourth-order valence-electron chi connectivity index (χ4n) is 2.22. The molecule has 0 saturated carbocycles. The van der Waals surface area contributed by atoms with Crippen LogP contribution in [0.15, 0.2) is 42.5 Å². The van der Waals surface area contributed by atoms with Crippen molar-refractivity contribution in [2.24, 2.45) is 0 Å². The van der Waals surface area contributed by atoms with Gasteiger partial charge in [0.15, 0.2) is 11.5 Å². The molecular formula is C17H22N4O. The summed E-state index contributed by atoms with van der Waals surface area (Å²) in [6.07, 6.45) is 0.803. The standard InChI is InChI=1S/C17H22N4O/c1-3-21(4-2)16-11-10-15(19-20-16)17(22)18-13-12-14-8-6-5-7-9-14/h5-11H,3-4,12-13H2,1-2H3,(H,18,22). The minimum Gasteiger partial charge on any atom is -0.356 e. The lowest BCUT2D eigenvalue weighted by Crippen LogP contribution is -2.28. The van der Waals surface area contributed by atoms with E-state index in [4.69, 9.17) is 0 Å². The molecule has 5 heteroatoms. The van der Waals surface area contributed by atoms with Crippen molar-refractivity contribution in [3.63, 3.8) is 0 Å². The third-order valence-corrected chi connectivity index (χ3v) is 3.51. The van der Waals surface area contributed by atoms with Crippen LogP contribution in [-0.4, -0.2) is 35.7 Å². The minimum atomic E-state index is -0.186. The number of benzene rings is 1. The van der Waals surface area contributed by atoms with Gasteiger partial charge in [-0.25, -0.2) is 0 Å². The van der Waals surface area contributed by atoms with E-state index in [9.17, 15) is 4.79 Å². The zero-order chi connectivity index (χ0) is 15.8. The molecule has 2 rings (SSSR count). The van der Waals surface area contributed by atoms with E-state index >= 15 is 0 Å². The first-order valence-electron chi connectivity index (χ1n) is 7.65. The number of carbonyl (C=O) groups excluding carboxylic acids is 1. The third-order valence-electron chi connectivity index (χ3n) is 3.51. The van der Waals surface area contributed by atoms with Crippen molar-refractivity contribution in [3.05, 3.63) is 53.7 Å². The van der Waals surface area contributed by atoms with Gasteiger partial charge in [-0.05, 0) is 38.0 Å². The molecule has 1 N–H and O–H groups in total. The largest absolute Gasteiger partial charge is 0.356 e. The molecule has 0 unspecified atom stereocenters. The number of amides is 1. The molecule has 1 aromatic heterocycles. The summed E-state index contributed by atoms with van der Waals surface area (Å²) in [6, 6.07) is 13.6. The maximum absolute atomic E-state index is 12.0. The Morgan fingerprint density at radius 2 is 1.77 bits per heavy atom. The second-order valence-electron chi connectivity index (χ2n) is 4.94. The predicted molar refractivity (Wildman–Crippen MR) is 88.1 cm³/mol. The van der Waals surface area contributed by atoms with Crippen LogP contribution in [0, 0.1) is 0 Å². The summed E-state index contributed by atoms with van der Waals surface area (Å²) in [7, 11) is 0. The van der Waals surface area contributed by atoms with E-state index in [0.717, 1.165) is 25.3 Å². The van der Waals surface area contributed by atoms with E-state index in [2.05, 4.69) is 34.3 Å². The highest BCUT2D eigenvalue weighted by Crippen LogP contribution is 2.08. The molecule has 0 aliphatic rings. The highest BCUT2D eigenvalue weighted by Gasteiger charge is 2.09. The maximum Gasteiger partial charge on any atom is 0.271 e. The van der Waals surface area contributed by atoms with Gasteiger partial charge in [0.05, 0.1) is 0 Å². The fraction of sp³-hybridized carbons (Fsp3) is 0.353. The Kier molecular flexibility index (Phi) is 5.89. The number of nitrogens with one attached hydrogen (secondary N) is 1. The average Bonchev–Trinajstić information content (AvgIpc) is 2.57. The molecule has 0 aliphatic carbocycles. The first-order chi connectivity index (χ1) is 10.7. The summed E-state index contributed by atoms with van der Waals surface area (Å²) in [4.78, 5) is 14.1. The van der Waals surface area contributed by atoms with E-state index in [-0.39, 0.29) is 5.91 Å². The topological polar surface area (TPSA) is 58.1 Å². The zero-order valence-electron chi connectivity index (χ0n) is 13.1. The number of nitrogens with zero attached hydrogens (tertiary/aromatic N) is 3. The van der Waals surface area contributed by atoms with Crippen LogP contribution in [-0.2, 0) is 6.42 Å². The minimum absolute atomic E-state index is 0.186. The Bertz CT molecular complexity index is 579. The monoisotopic (exact) mass is 298 g/mol. The van der Waals surface area contributed by atoms with E-state index in [0.29, 0.717) is 12.2 Å². The summed E-state index contributed by atoms with van der Waals surface area (Å²) in [5.74, 6) is 0.611. The van der Waals surface area contributed by atoms with E-state index in [1.165, 1.54) is 5.56 Å². The van der Waals surface area contributed by atoms with Crippen molar-refractivity contribution in [1.82, 2.24) is 15.5 Å². The van der Waals surface area contributed by atoms with Crippen LogP contribution in [0.5, 0.6) is 0 Å². The highest BCUT2D eigenvalue weighted by atomic mass is 16.1. The Labute approximate surface area is 131 Å². The Morgan fingerprint density at radius 3 is 2.36 bits per heavy atom. The molecule has 1 aromatic carbocycles. The van der Waals surface area contributed by atoms with Crippen LogP contribution in [0.2, 0.25) is 0 Å². The number of hydrogen-bond donors (Lipinski definition) is 1. The van der Waals surface area contributed by atoms with Crippen LogP contribution >= 0.6 is 0 Å². The summed E-state index contributed by atoms with van der Waals surface area (Å²) >= 11 is 0. The van der Waals surface area contributed by atoms with Crippen LogP contribution in [0.3, 0.4) is 0 Å². The smallest absolute Gasteiger partial charge is 0.271 e. The Balaban J connectivity index is 1.87. The third kappa shape index (κ3) is 4.28. The first-order valence-corrected chi connectivity index (χ1v) is 7.65. The van der Waals surface area contributed by atoms with Crippen molar-refractivity contribution in [2.75, 3.05) is 24.5 Å². The highest BCUT2D eigenvalue weighted by molar-refractivity contribution is 5.92. The zero-order valence-corrected chi connectivity index (χ0v) is 13.1. The Hall–Kier alpha value is -2.43. The summed E-state index contributed by atoms with van der Waals surface area (Å²) in [6.45, 7) is 6.45.